The summed E-state index contributed by atoms with van der Waals surface area (Å²) in [5.41, 5.74) is 2.96. The Morgan fingerprint density at radius 3 is 2.41 bits per heavy atom. The Labute approximate surface area is 105 Å². The first kappa shape index (κ1) is 11.8. The van der Waals surface area contributed by atoms with Crippen LogP contribution in [0.5, 0.6) is 0 Å². The van der Waals surface area contributed by atoms with Gasteiger partial charge < -0.3 is 4.90 Å². The lowest BCUT2D eigenvalue weighted by atomic mass is 10.2. The summed E-state index contributed by atoms with van der Waals surface area (Å²) in [6.07, 6.45) is 0. The Bertz CT molecular complexity index is 531. The van der Waals surface area contributed by atoms with E-state index in [9.17, 15) is 4.79 Å². The maximum atomic E-state index is 12.1. The minimum atomic E-state index is -0.0144. The third-order valence-corrected chi connectivity index (χ3v) is 3.43. The zero-order valence-corrected chi connectivity index (χ0v) is 10.9. The van der Waals surface area contributed by atoms with Crippen molar-refractivity contribution in [2.45, 2.75) is 13.8 Å². The molecule has 3 nitrogen and oxygen atoms in total. The van der Waals surface area contributed by atoms with Crippen molar-refractivity contribution in [2.24, 2.45) is 0 Å². The molecule has 0 aliphatic carbocycles. The highest BCUT2D eigenvalue weighted by Crippen LogP contribution is 2.18. The van der Waals surface area contributed by atoms with Crippen LogP contribution in [0, 0.1) is 13.8 Å². The summed E-state index contributed by atoms with van der Waals surface area (Å²) in [6.45, 7) is 3.91. The summed E-state index contributed by atoms with van der Waals surface area (Å²) in [6, 6.07) is 9.70. The van der Waals surface area contributed by atoms with E-state index in [0.29, 0.717) is 4.88 Å². The van der Waals surface area contributed by atoms with Crippen LogP contribution in [-0.2, 0) is 0 Å². The molecule has 0 saturated carbocycles. The predicted molar refractivity (Wildman–Crippen MR) is 70.8 cm³/mol. The fraction of sp³-hybridized carbons (Fsp3) is 0.231. The average molecular weight is 246 g/mol. The summed E-state index contributed by atoms with van der Waals surface area (Å²) < 4.78 is 4.12. The first-order valence-corrected chi connectivity index (χ1v) is 6.13. The van der Waals surface area contributed by atoms with Crippen molar-refractivity contribution in [3.05, 3.63) is 46.5 Å². The van der Waals surface area contributed by atoms with Gasteiger partial charge in [-0.15, -0.1) is 0 Å². The number of anilines is 1. The summed E-state index contributed by atoms with van der Waals surface area (Å²) in [5, 5.41) is 0. The molecule has 0 saturated heterocycles. The largest absolute Gasteiger partial charge is 0.311 e. The molecule has 0 bridgehead atoms. The van der Waals surface area contributed by atoms with Crippen molar-refractivity contribution in [1.29, 1.82) is 0 Å². The highest BCUT2D eigenvalue weighted by atomic mass is 32.1. The van der Waals surface area contributed by atoms with E-state index in [1.165, 1.54) is 17.1 Å². The number of aryl methyl sites for hydroxylation is 2. The summed E-state index contributed by atoms with van der Waals surface area (Å²) in [7, 11) is 1.78. The number of carbonyl (C=O) groups excluding carboxylic acids is 1. The molecule has 2 rings (SSSR count). The molecule has 1 aromatic heterocycles. The minimum absolute atomic E-state index is 0.0144. The zero-order valence-electron chi connectivity index (χ0n) is 10.1. The fourth-order valence-electron chi connectivity index (χ4n) is 1.52. The Morgan fingerprint density at radius 2 is 1.88 bits per heavy atom. The van der Waals surface area contributed by atoms with E-state index in [2.05, 4.69) is 4.37 Å². The van der Waals surface area contributed by atoms with Crippen molar-refractivity contribution in [2.75, 3.05) is 11.9 Å². The van der Waals surface area contributed by atoms with E-state index < -0.39 is 0 Å². The number of aromatic nitrogens is 1. The van der Waals surface area contributed by atoms with Gasteiger partial charge in [-0.3, -0.25) is 4.79 Å². The van der Waals surface area contributed by atoms with E-state index in [4.69, 9.17) is 0 Å². The molecule has 0 spiro atoms. The Kier molecular flexibility index (Phi) is 3.24. The molecule has 0 unspecified atom stereocenters. The normalized spacial score (nSPS) is 10.3. The minimum Gasteiger partial charge on any atom is -0.311 e. The number of amides is 1. The summed E-state index contributed by atoms with van der Waals surface area (Å²) in [5.74, 6) is -0.0144. The van der Waals surface area contributed by atoms with Gasteiger partial charge in [0.15, 0.2) is 0 Å². The van der Waals surface area contributed by atoms with Crippen molar-refractivity contribution >= 4 is 23.1 Å². The molecule has 0 fully saturated rings. The van der Waals surface area contributed by atoms with E-state index in [1.54, 1.807) is 11.9 Å². The average Bonchev–Trinajstić information content (AvgIpc) is 2.75. The predicted octanol–water partition coefficient (Wildman–Crippen LogP) is 3.04. The summed E-state index contributed by atoms with van der Waals surface area (Å²) >= 11 is 1.24. The molecule has 0 N–H and O–H groups in total. The molecule has 17 heavy (non-hydrogen) atoms. The van der Waals surface area contributed by atoms with Gasteiger partial charge in [0.1, 0.15) is 4.88 Å². The number of hydrogen-bond acceptors (Lipinski definition) is 3. The third-order valence-electron chi connectivity index (χ3n) is 2.56. The number of rotatable bonds is 2. The van der Waals surface area contributed by atoms with E-state index in [1.807, 2.05) is 44.2 Å². The number of carbonyl (C=O) groups is 1. The van der Waals surface area contributed by atoms with Gasteiger partial charge in [0.2, 0.25) is 0 Å². The molecule has 0 atom stereocenters. The van der Waals surface area contributed by atoms with Gasteiger partial charge in [-0.2, -0.15) is 4.37 Å². The maximum absolute atomic E-state index is 12.1. The molecule has 2 aromatic rings. The van der Waals surface area contributed by atoms with Crippen molar-refractivity contribution in [3.8, 4) is 0 Å². The van der Waals surface area contributed by atoms with Crippen LogP contribution in [0.4, 0.5) is 5.69 Å². The van der Waals surface area contributed by atoms with Crippen LogP contribution < -0.4 is 4.90 Å². The van der Waals surface area contributed by atoms with Crippen LogP contribution in [0.15, 0.2) is 30.3 Å². The van der Waals surface area contributed by atoms with Crippen molar-refractivity contribution in [3.63, 3.8) is 0 Å². The lowest BCUT2D eigenvalue weighted by molar-refractivity contribution is 0.0997. The standard InChI is InChI=1S/C13H14N2OS/c1-9-4-6-11(7-5-9)15(3)13(16)12-8-10(2)14-17-12/h4-8H,1-3H3. The lowest BCUT2D eigenvalue weighted by Gasteiger charge is -2.16. The second-order valence-corrected chi connectivity index (χ2v) is 4.84. The van der Waals surface area contributed by atoms with E-state index in [0.717, 1.165) is 11.4 Å². The summed E-state index contributed by atoms with van der Waals surface area (Å²) in [4.78, 5) is 14.5. The molecule has 0 aliphatic heterocycles. The quantitative estimate of drug-likeness (QED) is 0.816. The fourth-order valence-corrected chi connectivity index (χ4v) is 2.25. The molecular formula is C13H14N2OS. The molecule has 0 radical (unpaired) electrons. The van der Waals surface area contributed by atoms with Gasteiger partial charge in [0, 0.05) is 12.7 Å². The number of hydrogen-bond donors (Lipinski definition) is 0. The van der Waals surface area contributed by atoms with Crippen LogP contribution in [0.2, 0.25) is 0 Å². The highest BCUT2D eigenvalue weighted by molar-refractivity contribution is 7.08. The van der Waals surface area contributed by atoms with Crippen LogP contribution in [-0.4, -0.2) is 17.3 Å². The van der Waals surface area contributed by atoms with Crippen LogP contribution in [0.3, 0.4) is 0 Å². The Hall–Kier alpha value is -1.68. The smallest absolute Gasteiger partial charge is 0.269 e. The lowest BCUT2D eigenvalue weighted by Crippen LogP contribution is -2.25. The van der Waals surface area contributed by atoms with Gasteiger partial charge in [-0.25, -0.2) is 0 Å². The molecular weight excluding hydrogens is 232 g/mol. The first-order chi connectivity index (χ1) is 8.08. The van der Waals surface area contributed by atoms with Gasteiger partial charge >= 0.3 is 0 Å². The zero-order chi connectivity index (χ0) is 12.4. The second-order valence-electron chi connectivity index (χ2n) is 4.03. The van der Waals surface area contributed by atoms with Crippen molar-refractivity contribution in [1.82, 2.24) is 4.37 Å². The third kappa shape index (κ3) is 2.53. The monoisotopic (exact) mass is 246 g/mol. The van der Waals surface area contributed by atoms with Crippen LogP contribution in [0.1, 0.15) is 20.9 Å². The molecule has 1 heterocycles. The highest BCUT2D eigenvalue weighted by Gasteiger charge is 2.15. The second kappa shape index (κ2) is 4.67. The first-order valence-electron chi connectivity index (χ1n) is 5.36. The molecule has 1 aromatic carbocycles. The topological polar surface area (TPSA) is 33.2 Å². The van der Waals surface area contributed by atoms with Gasteiger partial charge in [-0.1, -0.05) is 17.7 Å². The molecule has 4 heteroatoms. The SMILES string of the molecule is Cc1ccc(N(C)C(=O)c2cc(C)ns2)cc1. The van der Waals surface area contributed by atoms with Gasteiger partial charge in [-0.05, 0) is 43.6 Å². The molecule has 1 amide bonds. The number of nitrogens with zero attached hydrogens (tertiary/aromatic N) is 2. The van der Waals surface area contributed by atoms with Crippen molar-refractivity contribution < 1.29 is 4.79 Å². The van der Waals surface area contributed by atoms with E-state index in [-0.39, 0.29) is 5.91 Å². The van der Waals surface area contributed by atoms with Gasteiger partial charge in [0.05, 0.1) is 5.69 Å². The molecule has 88 valence electrons. The molecule has 0 aliphatic rings. The van der Waals surface area contributed by atoms with Gasteiger partial charge in [0.25, 0.3) is 5.91 Å². The van der Waals surface area contributed by atoms with Crippen LogP contribution in [0.25, 0.3) is 0 Å². The Balaban J connectivity index is 2.23. The Morgan fingerprint density at radius 1 is 1.24 bits per heavy atom. The van der Waals surface area contributed by atoms with E-state index >= 15 is 0 Å². The number of benzene rings is 1. The maximum Gasteiger partial charge on any atom is 0.269 e. The van der Waals surface area contributed by atoms with Crippen LogP contribution >= 0.6 is 11.5 Å².